The molecule has 0 fully saturated rings. The Kier molecular flexibility index (Phi) is 6.20. The van der Waals surface area contributed by atoms with Crippen LogP contribution >= 0.6 is 22.9 Å². The first-order valence-corrected chi connectivity index (χ1v) is 9.42. The van der Waals surface area contributed by atoms with Crippen LogP contribution in [0.2, 0.25) is 5.02 Å². The van der Waals surface area contributed by atoms with E-state index in [4.69, 9.17) is 16.3 Å². The van der Waals surface area contributed by atoms with Crippen LogP contribution in [0.15, 0.2) is 48.1 Å². The maximum atomic E-state index is 12.0. The van der Waals surface area contributed by atoms with Crippen LogP contribution in [-0.2, 0) is 4.79 Å². The first kappa shape index (κ1) is 18.4. The van der Waals surface area contributed by atoms with Crippen LogP contribution in [0, 0.1) is 6.92 Å². The third kappa shape index (κ3) is 5.03. The SMILES string of the molecule is Cc1cc(OCCCC(=O)Nc2nc(-c3cccnc3)cs2)ccc1Cl. The van der Waals surface area contributed by atoms with Crippen LogP contribution in [-0.4, -0.2) is 22.5 Å². The highest BCUT2D eigenvalue weighted by Crippen LogP contribution is 2.24. The van der Waals surface area contributed by atoms with E-state index in [0.717, 1.165) is 22.6 Å². The van der Waals surface area contributed by atoms with Crippen LogP contribution in [0.3, 0.4) is 0 Å². The molecule has 0 atom stereocenters. The number of carbonyl (C=O) groups is 1. The lowest BCUT2D eigenvalue weighted by molar-refractivity contribution is -0.116. The van der Waals surface area contributed by atoms with Gasteiger partial charge in [0.25, 0.3) is 0 Å². The van der Waals surface area contributed by atoms with Crippen LogP contribution in [0.1, 0.15) is 18.4 Å². The zero-order chi connectivity index (χ0) is 18.4. The number of benzene rings is 1. The molecule has 134 valence electrons. The van der Waals surface area contributed by atoms with Gasteiger partial charge in [0.2, 0.25) is 5.91 Å². The van der Waals surface area contributed by atoms with Crippen molar-refractivity contribution in [3.05, 3.63) is 58.7 Å². The third-order valence-corrected chi connectivity index (χ3v) is 4.84. The Hall–Kier alpha value is -2.44. The zero-order valence-corrected chi connectivity index (χ0v) is 15.8. The van der Waals surface area contributed by atoms with Gasteiger partial charge in [-0.05, 0) is 49.2 Å². The Morgan fingerprint density at radius 2 is 2.23 bits per heavy atom. The minimum atomic E-state index is -0.0760. The van der Waals surface area contributed by atoms with Crippen molar-refractivity contribution in [1.29, 1.82) is 0 Å². The summed E-state index contributed by atoms with van der Waals surface area (Å²) in [6.45, 7) is 2.39. The van der Waals surface area contributed by atoms with Gasteiger partial charge in [0.15, 0.2) is 5.13 Å². The Bertz CT molecular complexity index is 884. The molecule has 2 heterocycles. The topological polar surface area (TPSA) is 64.1 Å². The molecule has 2 aromatic heterocycles. The molecule has 3 rings (SSSR count). The van der Waals surface area contributed by atoms with E-state index in [9.17, 15) is 4.79 Å². The van der Waals surface area contributed by atoms with Crippen molar-refractivity contribution in [2.45, 2.75) is 19.8 Å². The molecule has 26 heavy (non-hydrogen) atoms. The number of thiazole rings is 1. The first-order chi connectivity index (χ1) is 12.6. The highest BCUT2D eigenvalue weighted by molar-refractivity contribution is 7.14. The van der Waals surface area contributed by atoms with Crippen molar-refractivity contribution in [1.82, 2.24) is 9.97 Å². The van der Waals surface area contributed by atoms with E-state index in [1.165, 1.54) is 11.3 Å². The minimum absolute atomic E-state index is 0.0760. The number of hydrogen-bond donors (Lipinski definition) is 1. The maximum Gasteiger partial charge on any atom is 0.226 e. The average molecular weight is 388 g/mol. The molecule has 7 heteroatoms. The molecule has 1 N–H and O–H groups in total. The van der Waals surface area contributed by atoms with Gasteiger partial charge in [0.05, 0.1) is 12.3 Å². The van der Waals surface area contributed by atoms with Crippen molar-refractivity contribution in [3.63, 3.8) is 0 Å². The fraction of sp³-hybridized carbons (Fsp3) is 0.211. The number of hydrogen-bond acceptors (Lipinski definition) is 5. The van der Waals surface area contributed by atoms with Gasteiger partial charge >= 0.3 is 0 Å². The fourth-order valence-corrected chi connectivity index (χ4v) is 3.14. The van der Waals surface area contributed by atoms with Gasteiger partial charge < -0.3 is 10.1 Å². The lowest BCUT2D eigenvalue weighted by Gasteiger charge is -2.07. The molecule has 0 saturated heterocycles. The van der Waals surface area contributed by atoms with Crippen LogP contribution in [0.25, 0.3) is 11.3 Å². The summed E-state index contributed by atoms with van der Waals surface area (Å²) < 4.78 is 5.65. The van der Waals surface area contributed by atoms with Crippen molar-refractivity contribution in [3.8, 4) is 17.0 Å². The molecule has 0 aliphatic rings. The van der Waals surface area contributed by atoms with Gasteiger partial charge in [-0.2, -0.15) is 0 Å². The summed E-state index contributed by atoms with van der Waals surface area (Å²) in [5.74, 6) is 0.682. The smallest absolute Gasteiger partial charge is 0.226 e. The molecule has 0 saturated carbocycles. The summed E-state index contributed by atoms with van der Waals surface area (Å²) in [6, 6.07) is 9.31. The summed E-state index contributed by atoms with van der Waals surface area (Å²) in [4.78, 5) is 20.5. The second-order valence-electron chi connectivity index (χ2n) is 5.69. The number of rotatable bonds is 7. The summed E-state index contributed by atoms with van der Waals surface area (Å²) in [5.41, 5.74) is 2.70. The average Bonchev–Trinajstić information content (AvgIpc) is 3.11. The molecule has 1 amide bonds. The lowest BCUT2D eigenvalue weighted by Crippen LogP contribution is -2.12. The largest absolute Gasteiger partial charge is 0.494 e. The first-order valence-electron chi connectivity index (χ1n) is 8.16. The predicted molar refractivity (Wildman–Crippen MR) is 105 cm³/mol. The number of nitrogens with one attached hydrogen (secondary N) is 1. The number of anilines is 1. The normalized spacial score (nSPS) is 10.5. The maximum absolute atomic E-state index is 12.0. The van der Waals surface area contributed by atoms with E-state index < -0.39 is 0 Å². The molecule has 0 aliphatic carbocycles. The molecule has 0 bridgehead atoms. The molecule has 0 radical (unpaired) electrons. The highest BCUT2D eigenvalue weighted by Gasteiger charge is 2.08. The molecular formula is C19H18ClN3O2S. The lowest BCUT2D eigenvalue weighted by atomic mass is 10.2. The highest BCUT2D eigenvalue weighted by atomic mass is 35.5. The van der Waals surface area contributed by atoms with Gasteiger partial charge in [0.1, 0.15) is 5.75 Å². The van der Waals surface area contributed by atoms with Crippen molar-refractivity contribution >= 4 is 34.0 Å². The van der Waals surface area contributed by atoms with E-state index >= 15 is 0 Å². The standard InChI is InChI=1S/C19H18ClN3O2S/c1-13-10-15(6-7-16(13)20)25-9-3-5-18(24)23-19-22-17(12-26-19)14-4-2-8-21-11-14/h2,4,6-8,10-12H,3,5,9H2,1H3,(H,22,23,24). The molecule has 0 unspecified atom stereocenters. The predicted octanol–water partition coefficient (Wildman–Crippen LogP) is 4.96. The number of halogens is 1. The van der Waals surface area contributed by atoms with Crippen LogP contribution < -0.4 is 10.1 Å². The number of nitrogens with zero attached hydrogens (tertiary/aromatic N) is 2. The third-order valence-electron chi connectivity index (χ3n) is 3.65. The Balaban J connectivity index is 1.43. The number of aryl methyl sites for hydroxylation is 1. The number of ether oxygens (including phenoxy) is 1. The zero-order valence-electron chi connectivity index (χ0n) is 14.2. The molecule has 0 spiro atoms. The van der Waals surface area contributed by atoms with E-state index in [1.54, 1.807) is 18.5 Å². The Labute approximate surface area is 161 Å². The monoisotopic (exact) mass is 387 g/mol. The number of pyridine rings is 1. The van der Waals surface area contributed by atoms with Crippen molar-refractivity contribution < 1.29 is 9.53 Å². The second-order valence-corrected chi connectivity index (χ2v) is 6.96. The van der Waals surface area contributed by atoms with Gasteiger partial charge in [-0.1, -0.05) is 11.6 Å². The summed E-state index contributed by atoms with van der Waals surface area (Å²) in [6.07, 6.45) is 4.45. The van der Waals surface area contributed by atoms with E-state index in [2.05, 4.69) is 15.3 Å². The summed E-state index contributed by atoms with van der Waals surface area (Å²) >= 11 is 7.38. The Morgan fingerprint density at radius 3 is 3.00 bits per heavy atom. The van der Waals surface area contributed by atoms with E-state index in [0.29, 0.717) is 29.6 Å². The minimum Gasteiger partial charge on any atom is -0.494 e. The Morgan fingerprint density at radius 1 is 1.35 bits per heavy atom. The van der Waals surface area contributed by atoms with E-state index in [1.807, 2.05) is 36.6 Å². The van der Waals surface area contributed by atoms with Gasteiger partial charge in [-0.25, -0.2) is 4.98 Å². The number of aromatic nitrogens is 2. The van der Waals surface area contributed by atoms with Crippen LogP contribution in [0.4, 0.5) is 5.13 Å². The summed E-state index contributed by atoms with van der Waals surface area (Å²) in [5, 5.41) is 6.02. The van der Waals surface area contributed by atoms with Crippen molar-refractivity contribution in [2.75, 3.05) is 11.9 Å². The molecule has 0 aliphatic heterocycles. The van der Waals surface area contributed by atoms with Gasteiger partial charge in [0, 0.05) is 34.8 Å². The quantitative estimate of drug-likeness (QED) is 0.581. The second kappa shape index (κ2) is 8.78. The summed E-state index contributed by atoms with van der Waals surface area (Å²) in [7, 11) is 0. The molecular weight excluding hydrogens is 370 g/mol. The fourth-order valence-electron chi connectivity index (χ4n) is 2.29. The molecule has 3 aromatic rings. The number of carbonyl (C=O) groups excluding carboxylic acids is 1. The van der Waals surface area contributed by atoms with Crippen molar-refractivity contribution in [2.24, 2.45) is 0 Å². The van der Waals surface area contributed by atoms with Crippen LogP contribution in [0.5, 0.6) is 5.75 Å². The van der Waals surface area contributed by atoms with Gasteiger partial charge in [-0.15, -0.1) is 11.3 Å². The van der Waals surface area contributed by atoms with Gasteiger partial charge in [-0.3, -0.25) is 9.78 Å². The van der Waals surface area contributed by atoms with E-state index in [-0.39, 0.29) is 5.91 Å². The molecule has 5 nitrogen and oxygen atoms in total. The number of amides is 1. The molecule has 1 aromatic carbocycles.